The smallest absolute Gasteiger partial charge is 0.00385 e. The van der Waals surface area contributed by atoms with Crippen molar-refractivity contribution in [1.82, 2.24) is 9.80 Å². The average molecular weight is 295 g/mol. The van der Waals surface area contributed by atoms with E-state index in [-0.39, 0.29) is 0 Å². The lowest BCUT2D eigenvalue weighted by Crippen LogP contribution is -2.39. The van der Waals surface area contributed by atoms with Gasteiger partial charge in [-0.1, -0.05) is 26.7 Å². The van der Waals surface area contributed by atoms with E-state index < -0.39 is 0 Å². The summed E-state index contributed by atoms with van der Waals surface area (Å²) in [5.41, 5.74) is 0. The van der Waals surface area contributed by atoms with E-state index in [1.807, 2.05) is 0 Å². The molecule has 0 aromatic heterocycles. The molecule has 2 heteroatoms. The quantitative estimate of drug-likeness (QED) is 0.722. The van der Waals surface area contributed by atoms with Crippen molar-refractivity contribution in [3.05, 3.63) is 0 Å². The van der Waals surface area contributed by atoms with Crippen LogP contribution in [0.25, 0.3) is 0 Å². The highest BCUT2D eigenvalue weighted by molar-refractivity contribution is 4.77. The highest BCUT2D eigenvalue weighted by Crippen LogP contribution is 2.28. The van der Waals surface area contributed by atoms with Crippen molar-refractivity contribution in [2.45, 2.75) is 72.3 Å². The number of likely N-dealkylation sites (tertiary alicyclic amines) is 2. The van der Waals surface area contributed by atoms with Gasteiger partial charge >= 0.3 is 0 Å². The highest BCUT2D eigenvalue weighted by Gasteiger charge is 2.23. The Morgan fingerprint density at radius 3 is 1.67 bits per heavy atom. The molecule has 124 valence electrons. The van der Waals surface area contributed by atoms with E-state index in [4.69, 9.17) is 0 Å². The van der Waals surface area contributed by atoms with Gasteiger partial charge < -0.3 is 9.80 Å². The maximum atomic E-state index is 2.68. The highest BCUT2D eigenvalue weighted by atomic mass is 15.1. The molecule has 0 aromatic rings. The second-order valence-corrected chi connectivity index (χ2v) is 8.29. The first kappa shape index (κ1) is 17.3. The molecule has 2 rings (SSSR count). The van der Waals surface area contributed by atoms with E-state index >= 15 is 0 Å². The maximum absolute atomic E-state index is 2.68. The lowest BCUT2D eigenvalue weighted by molar-refractivity contribution is 0.130. The van der Waals surface area contributed by atoms with Gasteiger partial charge in [-0.05, 0) is 83.5 Å². The summed E-state index contributed by atoms with van der Waals surface area (Å²) in [4.78, 5) is 5.34. The Hall–Kier alpha value is -0.0800. The fourth-order valence-electron chi connectivity index (χ4n) is 4.20. The lowest BCUT2D eigenvalue weighted by Gasteiger charge is -2.36. The minimum absolute atomic E-state index is 0.747. The molecule has 0 aliphatic carbocycles. The van der Waals surface area contributed by atoms with Crippen molar-refractivity contribution in [2.24, 2.45) is 17.8 Å². The predicted octanol–water partition coefficient (Wildman–Crippen LogP) is 4.26. The Balaban J connectivity index is 1.58. The van der Waals surface area contributed by atoms with Crippen LogP contribution < -0.4 is 0 Å². The van der Waals surface area contributed by atoms with Gasteiger partial charge in [0.05, 0.1) is 0 Å². The van der Waals surface area contributed by atoms with Crippen molar-refractivity contribution < 1.29 is 0 Å². The normalized spacial score (nSPS) is 24.3. The van der Waals surface area contributed by atoms with E-state index in [0.717, 1.165) is 23.8 Å². The Kier molecular flexibility index (Phi) is 7.01. The molecule has 0 amide bonds. The average Bonchev–Trinajstić information content (AvgIpc) is 2.46. The van der Waals surface area contributed by atoms with E-state index in [2.05, 4.69) is 37.5 Å². The van der Waals surface area contributed by atoms with Crippen LogP contribution in [0.1, 0.15) is 66.2 Å². The molecule has 21 heavy (non-hydrogen) atoms. The van der Waals surface area contributed by atoms with Crippen LogP contribution in [-0.2, 0) is 0 Å². The molecule has 2 aliphatic rings. The first-order valence-electron chi connectivity index (χ1n) is 9.51. The third-order valence-electron chi connectivity index (χ3n) is 5.69. The topological polar surface area (TPSA) is 6.48 Å². The number of piperidine rings is 2. The van der Waals surface area contributed by atoms with Crippen molar-refractivity contribution >= 4 is 0 Å². The molecule has 0 saturated carbocycles. The summed E-state index contributed by atoms with van der Waals surface area (Å²) in [6, 6.07) is 0.747. The summed E-state index contributed by atoms with van der Waals surface area (Å²) in [6.07, 6.45) is 8.81. The molecular formula is C19H38N2. The van der Waals surface area contributed by atoms with Gasteiger partial charge in [0, 0.05) is 12.6 Å². The SMILES string of the molecule is CC(C)CN1CCC(CCC2CCN(C(C)C)CC2)CC1. The van der Waals surface area contributed by atoms with Gasteiger partial charge in [-0.25, -0.2) is 0 Å². The third kappa shape index (κ3) is 5.90. The van der Waals surface area contributed by atoms with Gasteiger partial charge in [0.15, 0.2) is 0 Å². The van der Waals surface area contributed by atoms with Gasteiger partial charge in [0.25, 0.3) is 0 Å². The largest absolute Gasteiger partial charge is 0.303 e. The molecule has 0 spiro atoms. The molecule has 0 atom stereocenters. The maximum Gasteiger partial charge on any atom is 0.00385 e. The monoisotopic (exact) mass is 294 g/mol. The molecular weight excluding hydrogens is 256 g/mol. The zero-order valence-corrected chi connectivity index (χ0v) is 15.0. The zero-order chi connectivity index (χ0) is 15.2. The summed E-state index contributed by atoms with van der Waals surface area (Å²) < 4.78 is 0. The molecule has 2 heterocycles. The molecule has 2 saturated heterocycles. The van der Waals surface area contributed by atoms with Crippen LogP contribution in [0.15, 0.2) is 0 Å². The van der Waals surface area contributed by atoms with Gasteiger partial charge in [0.1, 0.15) is 0 Å². The van der Waals surface area contributed by atoms with Gasteiger partial charge in [-0.15, -0.1) is 0 Å². The number of hydrogen-bond donors (Lipinski definition) is 0. The van der Waals surface area contributed by atoms with Gasteiger partial charge in [-0.3, -0.25) is 0 Å². The second kappa shape index (κ2) is 8.53. The van der Waals surface area contributed by atoms with Crippen LogP contribution >= 0.6 is 0 Å². The molecule has 2 nitrogen and oxygen atoms in total. The van der Waals surface area contributed by atoms with Crippen molar-refractivity contribution in [1.29, 1.82) is 0 Å². The first-order valence-corrected chi connectivity index (χ1v) is 9.51. The van der Waals surface area contributed by atoms with Crippen LogP contribution in [-0.4, -0.2) is 48.6 Å². The molecule has 0 N–H and O–H groups in total. The molecule has 0 aromatic carbocycles. The van der Waals surface area contributed by atoms with E-state index in [1.165, 1.54) is 71.2 Å². The predicted molar refractivity (Wildman–Crippen MR) is 92.7 cm³/mol. The Labute approximate surface area is 133 Å². The molecule has 0 unspecified atom stereocenters. The first-order chi connectivity index (χ1) is 10.0. The molecule has 0 bridgehead atoms. The van der Waals surface area contributed by atoms with Crippen LogP contribution in [0.3, 0.4) is 0 Å². The molecule has 2 fully saturated rings. The summed E-state index contributed by atoms with van der Waals surface area (Å²) >= 11 is 0. The summed E-state index contributed by atoms with van der Waals surface area (Å²) in [5.74, 6) is 2.87. The number of nitrogens with zero attached hydrogens (tertiary/aromatic N) is 2. The Bertz CT molecular complexity index is 271. The van der Waals surface area contributed by atoms with Crippen molar-refractivity contribution in [3.63, 3.8) is 0 Å². The minimum Gasteiger partial charge on any atom is -0.303 e. The van der Waals surface area contributed by atoms with E-state index in [0.29, 0.717) is 0 Å². The zero-order valence-electron chi connectivity index (χ0n) is 15.0. The van der Waals surface area contributed by atoms with Crippen molar-refractivity contribution in [3.8, 4) is 0 Å². The second-order valence-electron chi connectivity index (χ2n) is 8.29. The van der Waals surface area contributed by atoms with Crippen LogP contribution in [0.4, 0.5) is 0 Å². The number of rotatable bonds is 6. The molecule has 2 aliphatic heterocycles. The van der Waals surface area contributed by atoms with Crippen LogP contribution in [0, 0.1) is 17.8 Å². The van der Waals surface area contributed by atoms with E-state index in [9.17, 15) is 0 Å². The fourth-order valence-corrected chi connectivity index (χ4v) is 4.20. The van der Waals surface area contributed by atoms with Crippen LogP contribution in [0.2, 0.25) is 0 Å². The third-order valence-corrected chi connectivity index (χ3v) is 5.69. The molecule has 0 radical (unpaired) electrons. The Morgan fingerprint density at radius 2 is 1.24 bits per heavy atom. The van der Waals surface area contributed by atoms with Crippen molar-refractivity contribution in [2.75, 3.05) is 32.7 Å². The Morgan fingerprint density at radius 1 is 0.762 bits per heavy atom. The fraction of sp³-hybridized carbons (Fsp3) is 1.00. The van der Waals surface area contributed by atoms with E-state index in [1.54, 1.807) is 0 Å². The lowest BCUT2D eigenvalue weighted by atomic mass is 9.85. The van der Waals surface area contributed by atoms with Gasteiger partial charge in [-0.2, -0.15) is 0 Å². The summed E-state index contributed by atoms with van der Waals surface area (Å²) in [5, 5.41) is 0. The summed E-state index contributed by atoms with van der Waals surface area (Å²) in [6.45, 7) is 16.1. The van der Waals surface area contributed by atoms with Crippen LogP contribution in [0.5, 0.6) is 0 Å². The number of hydrogen-bond acceptors (Lipinski definition) is 2. The standard InChI is InChI=1S/C19H38N2/c1-16(2)15-20-11-7-18(8-12-20)5-6-19-9-13-21(14-10-19)17(3)4/h16-19H,5-15H2,1-4H3. The minimum atomic E-state index is 0.747. The van der Waals surface area contributed by atoms with Gasteiger partial charge in [0.2, 0.25) is 0 Å². The summed E-state index contributed by atoms with van der Waals surface area (Å²) in [7, 11) is 0.